The van der Waals surface area contributed by atoms with E-state index in [2.05, 4.69) is 5.10 Å². The molecular weight excluding hydrogens is 222 g/mol. The Morgan fingerprint density at radius 3 is 2.28 bits per heavy atom. The number of hydrogen-bond donors (Lipinski definition) is 0. The quantitative estimate of drug-likeness (QED) is 0.350. The van der Waals surface area contributed by atoms with Crippen molar-refractivity contribution in [2.75, 3.05) is 12.1 Å². The van der Waals surface area contributed by atoms with Crippen LogP contribution < -0.4 is 9.58 Å². The van der Waals surface area contributed by atoms with Crippen molar-refractivity contribution in [2.45, 2.75) is 0 Å². The van der Waals surface area contributed by atoms with Crippen LogP contribution in [0.2, 0.25) is 0 Å². The Bertz CT molecular complexity index is 489. The number of rotatable bonds is 3. The van der Waals surface area contributed by atoms with Gasteiger partial charge in [0.15, 0.2) is 12.4 Å². The number of pyridine rings is 1. The van der Waals surface area contributed by atoms with Crippen molar-refractivity contribution in [2.24, 2.45) is 12.1 Å². The lowest BCUT2D eigenvalue weighted by Crippen LogP contribution is -2.25. The Morgan fingerprint density at radius 1 is 1.06 bits per heavy atom. The van der Waals surface area contributed by atoms with Crippen LogP contribution in [0.1, 0.15) is 5.56 Å². The SMILES string of the molecule is CN(/N=C/c1cc[n+](C)cc1)c1ccccc1.[CH3-]. The molecule has 0 N–H and O–H groups in total. The molecule has 18 heavy (non-hydrogen) atoms. The summed E-state index contributed by atoms with van der Waals surface area (Å²) in [5, 5.41) is 6.25. The molecule has 0 saturated carbocycles. The summed E-state index contributed by atoms with van der Waals surface area (Å²) in [4.78, 5) is 0. The van der Waals surface area contributed by atoms with E-state index in [9.17, 15) is 0 Å². The molecule has 3 nitrogen and oxygen atoms in total. The highest BCUT2D eigenvalue weighted by Crippen LogP contribution is 2.10. The van der Waals surface area contributed by atoms with E-state index in [1.54, 1.807) is 0 Å². The van der Waals surface area contributed by atoms with Crippen molar-refractivity contribution >= 4 is 11.9 Å². The molecule has 0 aliphatic carbocycles. The molecule has 0 unspecified atom stereocenters. The van der Waals surface area contributed by atoms with Gasteiger partial charge in [0.25, 0.3) is 0 Å². The van der Waals surface area contributed by atoms with Crippen LogP contribution in [0.3, 0.4) is 0 Å². The van der Waals surface area contributed by atoms with Crippen molar-refractivity contribution in [3.05, 3.63) is 67.8 Å². The van der Waals surface area contributed by atoms with Gasteiger partial charge in [0.2, 0.25) is 0 Å². The fourth-order valence-electron chi connectivity index (χ4n) is 1.46. The normalized spacial score (nSPS) is 10.1. The van der Waals surface area contributed by atoms with Gasteiger partial charge in [0, 0.05) is 24.7 Å². The van der Waals surface area contributed by atoms with Crippen molar-refractivity contribution in [3.8, 4) is 0 Å². The molecule has 1 heterocycles. The third-order valence-corrected chi connectivity index (χ3v) is 2.51. The Labute approximate surface area is 109 Å². The second-order valence-corrected chi connectivity index (χ2v) is 3.90. The number of benzene rings is 1. The van der Waals surface area contributed by atoms with Gasteiger partial charge < -0.3 is 7.43 Å². The van der Waals surface area contributed by atoms with Crippen molar-refractivity contribution < 1.29 is 4.57 Å². The first-order valence-corrected chi connectivity index (χ1v) is 5.54. The van der Waals surface area contributed by atoms with Crippen LogP contribution >= 0.6 is 0 Å². The maximum absolute atomic E-state index is 4.39. The predicted octanol–water partition coefficient (Wildman–Crippen LogP) is 2.43. The van der Waals surface area contributed by atoms with Crippen LogP contribution in [0.4, 0.5) is 5.69 Å². The molecule has 0 aliphatic heterocycles. The third kappa shape index (κ3) is 3.70. The lowest BCUT2D eigenvalue weighted by molar-refractivity contribution is -0.671. The van der Waals surface area contributed by atoms with E-state index in [-0.39, 0.29) is 7.43 Å². The number of nitrogens with zero attached hydrogens (tertiary/aromatic N) is 3. The molecule has 0 saturated heterocycles. The van der Waals surface area contributed by atoms with Crippen LogP contribution in [0.5, 0.6) is 0 Å². The van der Waals surface area contributed by atoms with Crippen LogP contribution in [0.15, 0.2) is 60.0 Å². The number of aryl methyl sites for hydroxylation is 1. The monoisotopic (exact) mass is 241 g/mol. The zero-order chi connectivity index (χ0) is 12.1. The van der Waals surface area contributed by atoms with Gasteiger partial charge in [-0.05, 0) is 12.1 Å². The highest BCUT2D eigenvalue weighted by atomic mass is 15.4. The van der Waals surface area contributed by atoms with Crippen LogP contribution in [-0.2, 0) is 7.05 Å². The van der Waals surface area contributed by atoms with E-state index < -0.39 is 0 Å². The molecule has 0 amide bonds. The van der Waals surface area contributed by atoms with Crippen LogP contribution in [0.25, 0.3) is 0 Å². The van der Waals surface area contributed by atoms with Gasteiger partial charge in [-0.1, -0.05) is 18.2 Å². The zero-order valence-corrected chi connectivity index (χ0v) is 11.1. The molecule has 2 rings (SSSR count). The molecule has 1 aromatic carbocycles. The standard InChI is InChI=1S/C14H16N3.CH3/c1-16-10-8-13(9-11-16)12-15-17(2)14-6-4-3-5-7-14;/h3-12H,1-2H3;1H3/q+1;-1. The lowest BCUT2D eigenvalue weighted by atomic mass is 10.3. The van der Waals surface area contributed by atoms with E-state index in [4.69, 9.17) is 0 Å². The van der Waals surface area contributed by atoms with E-state index in [1.807, 2.05) is 84.7 Å². The Morgan fingerprint density at radius 2 is 1.67 bits per heavy atom. The first-order chi connectivity index (χ1) is 8.25. The molecule has 0 atom stereocenters. The van der Waals surface area contributed by atoms with Gasteiger partial charge in [0.05, 0.1) is 11.9 Å². The van der Waals surface area contributed by atoms with Gasteiger partial charge in [-0.15, -0.1) is 0 Å². The first-order valence-electron chi connectivity index (χ1n) is 5.54. The lowest BCUT2D eigenvalue weighted by Gasteiger charge is -2.11. The first kappa shape index (κ1) is 13.9. The van der Waals surface area contributed by atoms with Crippen LogP contribution in [-0.4, -0.2) is 13.3 Å². The van der Waals surface area contributed by atoms with Gasteiger partial charge in [-0.2, -0.15) is 5.10 Å². The molecule has 0 aliphatic rings. The number of aromatic nitrogens is 1. The van der Waals surface area contributed by atoms with Crippen molar-refractivity contribution in [1.29, 1.82) is 0 Å². The molecular formula is C15H19N3. The molecule has 0 radical (unpaired) electrons. The fourth-order valence-corrected chi connectivity index (χ4v) is 1.46. The fraction of sp³-hybridized carbons (Fsp3) is 0.133. The maximum Gasteiger partial charge on any atom is 0.169 e. The van der Waals surface area contributed by atoms with Crippen LogP contribution in [0, 0.1) is 7.43 Å². The van der Waals surface area contributed by atoms with Gasteiger partial charge >= 0.3 is 0 Å². The predicted molar refractivity (Wildman–Crippen MR) is 76.5 cm³/mol. The van der Waals surface area contributed by atoms with Gasteiger partial charge in [-0.25, -0.2) is 4.57 Å². The van der Waals surface area contributed by atoms with E-state index >= 15 is 0 Å². The average Bonchev–Trinajstić information content (AvgIpc) is 2.39. The molecule has 0 fully saturated rings. The second-order valence-electron chi connectivity index (χ2n) is 3.90. The second kappa shape index (κ2) is 6.55. The smallest absolute Gasteiger partial charge is 0.169 e. The minimum Gasteiger partial charge on any atom is -0.358 e. The molecule has 0 spiro atoms. The Kier molecular flexibility index (Phi) is 5.06. The number of anilines is 1. The molecule has 2 aromatic rings. The van der Waals surface area contributed by atoms with Crippen molar-refractivity contribution in [3.63, 3.8) is 0 Å². The van der Waals surface area contributed by atoms with Gasteiger partial charge in [0.1, 0.15) is 7.05 Å². The molecule has 94 valence electrons. The Hall–Kier alpha value is -2.16. The average molecular weight is 241 g/mol. The number of hydrazone groups is 1. The zero-order valence-electron chi connectivity index (χ0n) is 11.1. The van der Waals surface area contributed by atoms with E-state index in [0.29, 0.717) is 0 Å². The summed E-state index contributed by atoms with van der Waals surface area (Å²) in [7, 11) is 3.94. The minimum absolute atomic E-state index is 0. The maximum atomic E-state index is 4.39. The summed E-state index contributed by atoms with van der Waals surface area (Å²) in [5.74, 6) is 0. The summed E-state index contributed by atoms with van der Waals surface area (Å²) in [6, 6.07) is 14.1. The van der Waals surface area contributed by atoms with E-state index in [1.165, 1.54) is 0 Å². The summed E-state index contributed by atoms with van der Waals surface area (Å²) in [5.41, 5.74) is 2.16. The van der Waals surface area contributed by atoms with Gasteiger partial charge in [-0.3, -0.25) is 5.01 Å². The largest absolute Gasteiger partial charge is 0.358 e. The van der Waals surface area contributed by atoms with Crippen molar-refractivity contribution in [1.82, 2.24) is 0 Å². The summed E-state index contributed by atoms with van der Waals surface area (Å²) in [6.45, 7) is 0. The third-order valence-electron chi connectivity index (χ3n) is 2.51. The Balaban J connectivity index is 0.00000162. The highest BCUT2D eigenvalue weighted by molar-refractivity contribution is 5.79. The summed E-state index contributed by atoms with van der Waals surface area (Å²) < 4.78 is 2.00. The number of para-hydroxylation sites is 1. The minimum atomic E-state index is 0. The summed E-state index contributed by atoms with van der Waals surface area (Å²) in [6.07, 6.45) is 5.86. The molecule has 0 bridgehead atoms. The molecule has 3 heteroatoms. The highest BCUT2D eigenvalue weighted by Gasteiger charge is 1.96. The van der Waals surface area contributed by atoms with E-state index in [0.717, 1.165) is 11.3 Å². The summed E-state index contributed by atoms with van der Waals surface area (Å²) >= 11 is 0. The molecule has 1 aromatic heterocycles. The number of hydrogen-bond acceptors (Lipinski definition) is 2. The topological polar surface area (TPSA) is 19.5 Å².